The monoisotopic (exact) mass is 516 g/mol. The van der Waals surface area contributed by atoms with Crippen molar-refractivity contribution >= 4 is 50.5 Å². The Bertz CT molecular complexity index is 1280. The third-order valence-corrected chi connectivity index (χ3v) is 7.00. The second kappa shape index (κ2) is 9.62. The molecule has 3 aromatic rings. The number of hydrogen-bond donors (Lipinski definition) is 1. The molecule has 0 aromatic heterocycles. The SMILES string of the molecule is Cc1ccc(S(=O)(=O)N(CC(=O)Nc2ccc(Cl)c(C(F)(F)F)c2)c2ccccc2Cl)cc1. The minimum absolute atomic E-state index is 0.0435. The number of benzene rings is 3. The number of carbonyl (C=O) groups excluding carboxylic acids is 1. The van der Waals surface area contributed by atoms with Crippen molar-refractivity contribution < 1.29 is 26.4 Å². The fourth-order valence-electron chi connectivity index (χ4n) is 2.94. The van der Waals surface area contributed by atoms with Crippen LogP contribution in [-0.2, 0) is 21.0 Å². The molecular weight excluding hydrogens is 500 g/mol. The van der Waals surface area contributed by atoms with E-state index in [0.717, 1.165) is 15.9 Å². The Morgan fingerprint density at radius 2 is 1.61 bits per heavy atom. The molecule has 0 saturated carbocycles. The first-order valence-electron chi connectivity index (χ1n) is 9.40. The van der Waals surface area contributed by atoms with E-state index in [-0.39, 0.29) is 21.3 Å². The Balaban J connectivity index is 1.95. The Kier molecular flexibility index (Phi) is 7.26. The summed E-state index contributed by atoms with van der Waals surface area (Å²) < 4.78 is 66.8. The smallest absolute Gasteiger partial charge is 0.324 e. The van der Waals surface area contributed by atoms with Gasteiger partial charge in [-0.3, -0.25) is 9.10 Å². The third kappa shape index (κ3) is 5.79. The van der Waals surface area contributed by atoms with E-state index < -0.39 is 39.2 Å². The van der Waals surface area contributed by atoms with Gasteiger partial charge in [0.2, 0.25) is 5.91 Å². The normalized spacial score (nSPS) is 11.8. The summed E-state index contributed by atoms with van der Waals surface area (Å²) in [6.07, 6.45) is -4.73. The molecule has 0 spiro atoms. The minimum Gasteiger partial charge on any atom is -0.324 e. The maximum Gasteiger partial charge on any atom is 0.417 e. The first kappa shape index (κ1) is 24.9. The first-order chi connectivity index (χ1) is 15.4. The molecule has 0 radical (unpaired) electrons. The summed E-state index contributed by atoms with van der Waals surface area (Å²) in [4.78, 5) is 12.6. The van der Waals surface area contributed by atoms with Gasteiger partial charge in [-0.05, 0) is 49.4 Å². The van der Waals surface area contributed by atoms with E-state index in [1.54, 1.807) is 31.2 Å². The molecule has 0 fully saturated rings. The molecule has 0 atom stereocenters. The standard InChI is InChI=1S/C22H17Cl2F3N2O3S/c1-14-6-9-16(10-7-14)33(31,32)29(20-5-3-2-4-19(20)24)13-21(30)28-15-8-11-18(23)17(12-15)22(25,26)27/h2-12H,13H2,1H3,(H,28,30). The van der Waals surface area contributed by atoms with E-state index >= 15 is 0 Å². The molecule has 33 heavy (non-hydrogen) atoms. The second-order valence-electron chi connectivity index (χ2n) is 7.02. The number of carbonyl (C=O) groups is 1. The molecule has 0 saturated heterocycles. The van der Waals surface area contributed by atoms with Gasteiger partial charge in [-0.2, -0.15) is 13.2 Å². The topological polar surface area (TPSA) is 66.5 Å². The lowest BCUT2D eigenvalue weighted by Crippen LogP contribution is -2.38. The molecular formula is C22H17Cl2F3N2O3S. The highest BCUT2D eigenvalue weighted by Gasteiger charge is 2.34. The zero-order valence-corrected chi connectivity index (χ0v) is 19.4. The minimum atomic E-state index is -4.73. The number of sulfonamides is 1. The van der Waals surface area contributed by atoms with Crippen LogP contribution in [0.5, 0.6) is 0 Å². The summed E-state index contributed by atoms with van der Waals surface area (Å²) in [7, 11) is -4.23. The number of hydrogen-bond acceptors (Lipinski definition) is 3. The van der Waals surface area contributed by atoms with Crippen LogP contribution in [0.2, 0.25) is 10.0 Å². The molecule has 0 aliphatic heterocycles. The lowest BCUT2D eigenvalue weighted by atomic mass is 10.2. The highest BCUT2D eigenvalue weighted by atomic mass is 35.5. The van der Waals surface area contributed by atoms with Gasteiger partial charge in [-0.15, -0.1) is 0 Å². The molecule has 0 aliphatic rings. The van der Waals surface area contributed by atoms with Crippen molar-refractivity contribution in [2.45, 2.75) is 18.0 Å². The number of amides is 1. The van der Waals surface area contributed by atoms with E-state index in [0.29, 0.717) is 6.07 Å². The van der Waals surface area contributed by atoms with Crippen LogP contribution in [0.4, 0.5) is 24.5 Å². The highest BCUT2D eigenvalue weighted by molar-refractivity contribution is 7.92. The van der Waals surface area contributed by atoms with Gasteiger partial charge in [0.1, 0.15) is 6.54 Å². The van der Waals surface area contributed by atoms with Crippen molar-refractivity contribution in [3.05, 3.63) is 87.9 Å². The van der Waals surface area contributed by atoms with Crippen LogP contribution < -0.4 is 9.62 Å². The highest BCUT2D eigenvalue weighted by Crippen LogP contribution is 2.36. The lowest BCUT2D eigenvalue weighted by molar-refractivity contribution is -0.137. The van der Waals surface area contributed by atoms with Gasteiger partial charge in [0, 0.05) is 5.69 Å². The summed E-state index contributed by atoms with van der Waals surface area (Å²) >= 11 is 11.8. The van der Waals surface area contributed by atoms with Crippen molar-refractivity contribution in [3.63, 3.8) is 0 Å². The molecule has 1 N–H and O–H groups in total. The van der Waals surface area contributed by atoms with Crippen molar-refractivity contribution in [1.29, 1.82) is 0 Å². The molecule has 11 heteroatoms. The zero-order valence-electron chi connectivity index (χ0n) is 17.0. The largest absolute Gasteiger partial charge is 0.417 e. The second-order valence-corrected chi connectivity index (χ2v) is 9.69. The number of nitrogens with zero attached hydrogens (tertiary/aromatic N) is 1. The Hall–Kier alpha value is -2.75. The Labute approximate surface area is 198 Å². The van der Waals surface area contributed by atoms with Gasteiger partial charge in [-0.25, -0.2) is 8.42 Å². The summed E-state index contributed by atoms with van der Waals surface area (Å²) in [5.41, 5.74) is -0.443. The van der Waals surface area contributed by atoms with Gasteiger partial charge in [0.05, 0.1) is 26.2 Å². The molecule has 3 aromatic carbocycles. The van der Waals surface area contributed by atoms with E-state index in [9.17, 15) is 26.4 Å². The van der Waals surface area contributed by atoms with Crippen molar-refractivity contribution in [2.75, 3.05) is 16.2 Å². The van der Waals surface area contributed by atoms with Crippen molar-refractivity contribution in [3.8, 4) is 0 Å². The maximum absolute atomic E-state index is 13.3. The van der Waals surface area contributed by atoms with E-state index in [4.69, 9.17) is 23.2 Å². The van der Waals surface area contributed by atoms with Crippen LogP contribution in [0, 0.1) is 6.92 Å². The predicted molar refractivity (Wildman–Crippen MR) is 122 cm³/mol. The fourth-order valence-corrected chi connectivity index (χ4v) is 4.89. The van der Waals surface area contributed by atoms with Crippen LogP contribution >= 0.6 is 23.2 Å². The molecule has 5 nitrogen and oxygen atoms in total. The molecule has 3 rings (SSSR count). The molecule has 0 unspecified atom stereocenters. The van der Waals surface area contributed by atoms with Crippen LogP contribution in [0.1, 0.15) is 11.1 Å². The quantitative estimate of drug-likeness (QED) is 0.426. The number of nitrogens with one attached hydrogen (secondary N) is 1. The van der Waals surface area contributed by atoms with Gasteiger partial charge < -0.3 is 5.32 Å². The molecule has 174 valence electrons. The van der Waals surface area contributed by atoms with E-state index in [1.807, 2.05) is 0 Å². The average Bonchev–Trinajstić information content (AvgIpc) is 2.73. The summed E-state index contributed by atoms with van der Waals surface area (Å²) in [5, 5.41) is 1.84. The summed E-state index contributed by atoms with van der Waals surface area (Å²) in [6.45, 7) is 1.06. The Morgan fingerprint density at radius 3 is 2.21 bits per heavy atom. The van der Waals surface area contributed by atoms with Crippen molar-refractivity contribution in [1.82, 2.24) is 0 Å². The number of rotatable bonds is 6. The van der Waals surface area contributed by atoms with E-state index in [2.05, 4.69) is 5.32 Å². The number of anilines is 2. The van der Waals surface area contributed by atoms with Crippen LogP contribution in [0.3, 0.4) is 0 Å². The maximum atomic E-state index is 13.3. The zero-order chi connectivity index (χ0) is 24.4. The van der Waals surface area contributed by atoms with Crippen LogP contribution in [0.25, 0.3) is 0 Å². The number of alkyl halides is 3. The van der Waals surface area contributed by atoms with Gasteiger partial charge in [0.25, 0.3) is 10.0 Å². The third-order valence-electron chi connectivity index (χ3n) is 4.57. The lowest BCUT2D eigenvalue weighted by Gasteiger charge is -2.25. The Morgan fingerprint density at radius 1 is 0.970 bits per heavy atom. The summed E-state index contributed by atoms with van der Waals surface area (Å²) in [5.74, 6) is -0.874. The molecule has 0 aliphatic carbocycles. The number of halogens is 5. The predicted octanol–water partition coefficient (Wildman–Crippen LogP) is 6.15. The first-order valence-corrected chi connectivity index (χ1v) is 11.6. The van der Waals surface area contributed by atoms with Gasteiger partial charge in [0.15, 0.2) is 0 Å². The number of para-hydroxylation sites is 1. The molecule has 1 amide bonds. The van der Waals surface area contributed by atoms with Gasteiger partial charge >= 0.3 is 6.18 Å². The molecule has 0 heterocycles. The van der Waals surface area contributed by atoms with Crippen LogP contribution in [0.15, 0.2) is 71.6 Å². The van der Waals surface area contributed by atoms with Crippen molar-refractivity contribution in [2.24, 2.45) is 0 Å². The molecule has 0 bridgehead atoms. The van der Waals surface area contributed by atoms with E-state index in [1.165, 1.54) is 30.3 Å². The van der Waals surface area contributed by atoms with Gasteiger partial charge in [-0.1, -0.05) is 53.0 Å². The summed E-state index contributed by atoms with van der Waals surface area (Å²) in [6, 6.07) is 14.9. The van der Waals surface area contributed by atoms with Crippen LogP contribution in [-0.4, -0.2) is 20.9 Å². The average molecular weight is 517 g/mol. The number of aryl methyl sites for hydroxylation is 1. The fraction of sp³-hybridized carbons (Fsp3) is 0.136.